The SMILES string of the molecule is CCOc1ccc(/C(O)=C2\C(=O)C(=O)N(c3ccc4c(c3)OCO4)C2c2ccc(OC(C)C)cc2)cc1C. The van der Waals surface area contributed by atoms with E-state index in [1.807, 2.05) is 27.7 Å². The van der Waals surface area contributed by atoms with Crippen molar-refractivity contribution in [1.29, 1.82) is 0 Å². The topological polar surface area (TPSA) is 94.5 Å². The second-order valence-corrected chi connectivity index (χ2v) is 9.36. The number of aryl methyl sites for hydroxylation is 1. The van der Waals surface area contributed by atoms with E-state index >= 15 is 0 Å². The number of carbonyl (C=O) groups excluding carboxylic acids is 2. The van der Waals surface area contributed by atoms with Crippen LogP contribution in [0.1, 0.15) is 43.5 Å². The van der Waals surface area contributed by atoms with Crippen LogP contribution in [0.15, 0.2) is 66.2 Å². The number of rotatable bonds is 7. The Morgan fingerprint density at radius 3 is 2.45 bits per heavy atom. The van der Waals surface area contributed by atoms with Crippen LogP contribution in [-0.4, -0.2) is 36.3 Å². The van der Waals surface area contributed by atoms with Crippen molar-refractivity contribution in [2.24, 2.45) is 0 Å². The molecule has 1 fully saturated rings. The fraction of sp³-hybridized carbons (Fsp3) is 0.267. The van der Waals surface area contributed by atoms with Crippen LogP contribution in [0, 0.1) is 6.92 Å². The summed E-state index contributed by atoms with van der Waals surface area (Å²) in [6, 6.07) is 16.5. The average molecular weight is 516 g/mol. The molecule has 2 heterocycles. The highest BCUT2D eigenvalue weighted by Crippen LogP contribution is 2.45. The van der Waals surface area contributed by atoms with Gasteiger partial charge in [0.25, 0.3) is 11.7 Å². The molecule has 3 aromatic rings. The number of ketones is 1. The number of anilines is 1. The summed E-state index contributed by atoms with van der Waals surface area (Å²) >= 11 is 0. The van der Waals surface area contributed by atoms with E-state index in [0.29, 0.717) is 46.4 Å². The molecule has 196 valence electrons. The number of fused-ring (bicyclic) bond motifs is 1. The molecule has 0 bridgehead atoms. The maximum Gasteiger partial charge on any atom is 0.300 e. The van der Waals surface area contributed by atoms with Crippen LogP contribution in [0.2, 0.25) is 0 Å². The summed E-state index contributed by atoms with van der Waals surface area (Å²) in [4.78, 5) is 28.3. The number of Topliss-reactive ketones (excluding diaryl/α,β-unsaturated/α-hetero) is 1. The lowest BCUT2D eigenvalue weighted by Gasteiger charge is -2.26. The normalized spacial score (nSPS) is 17.8. The number of hydrogen-bond donors (Lipinski definition) is 1. The first-order valence-corrected chi connectivity index (χ1v) is 12.5. The van der Waals surface area contributed by atoms with Crippen molar-refractivity contribution in [1.82, 2.24) is 0 Å². The van der Waals surface area contributed by atoms with Gasteiger partial charge in [0.2, 0.25) is 6.79 Å². The van der Waals surface area contributed by atoms with Crippen LogP contribution in [0.5, 0.6) is 23.0 Å². The van der Waals surface area contributed by atoms with Gasteiger partial charge in [-0.05, 0) is 81.3 Å². The molecular weight excluding hydrogens is 486 g/mol. The fourth-order valence-electron chi connectivity index (χ4n) is 4.72. The van der Waals surface area contributed by atoms with Gasteiger partial charge in [0.1, 0.15) is 17.3 Å². The molecule has 38 heavy (non-hydrogen) atoms. The van der Waals surface area contributed by atoms with E-state index in [9.17, 15) is 14.7 Å². The van der Waals surface area contributed by atoms with Crippen molar-refractivity contribution < 1.29 is 33.6 Å². The van der Waals surface area contributed by atoms with E-state index in [1.165, 1.54) is 4.90 Å². The first-order chi connectivity index (χ1) is 18.3. The van der Waals surface area contributed by atoms with E-state index in [4.69, 9.17) is 18.9 Å². The maximum absolute atomic E-state index is 13.5. The van der Waals surface area contributed by atoms with Crippen LogP contribution in [0.25, 0.3) is 5.76 Å². The highest BCUT2D eigenvalue weighted by atomic mass is 16.7. The zero-order chi connectivity index (χ0) is 27.0. The number of aliphatic hydroxyl groups is 1. The lowest BCUT2D eigenvalue weighted by molar-refractivity contribution is -0.132. The van der Waals surface area contributed by atoms with Crippen LogP contribution < -0.4 is 23.8 Å². The van der Waals surface area contributed by atoms with Crippen LogP contribution in [0.3, 0.4) is 0 Å². The number of nitrogens with zero attached hydrogens (tertiary/aromatic N) is 1. The summed E-state index contributed by atoms with van der Waals surface area (Å²) in [5, 5.41) is 11.4. The third kappa shape index (κ3) is 4.53. The second-order valence-electron chi connectivity index (χ2n) is 9.36. The summed E-state index contributed by atoms with van der Waals surface area (Å²) in [7, 11) is 0. The molecule has 0 spiro atoms. The molecule has 0 radical (unpaired) electrons. The number of carbonyl (C=O) groups is 2. The summed E-state index contributed by atoms with van der Waals surface area (Å²) in [6.45, 7) is 8.20. The molecule has 1 atom stereocenters. The molecule has 0 aromatic heterocycles. The Labute approximate surface area is 221 Å². The molecule has 0 saturated carbocycles. The summed E-state index contributed by atoms with van der Waals surface area (Å²) in [5.74, 6) is 0.589. The molecule has 8 heteroatoms. The van der Waals surface area contributed by atoms with Crippen molar-refractivity contribution >= 4 is 23.1 Å². The van der Waals surface area contributed by atoms with Gasteiger partial charge < -0.3 is 24.1 Å². The molecule has 0 aliphatic carbocycles. The Hall–Kier alpha value is -4.46. The summed E-state index contributed by atoms with van der Waals surface area (Å²) < 4.78 is 22.3. The molecule has 1 saturated heterocycles. The minimum atomic E-state index is -0.879. The van der Waals surface area contributed by atoms with Gasteiger partial charge in [-0.25, -0.2) is 0 Å². The Balaban J connectivity index is 1.65. The van der Waals surface area contributed by atoms with Gasteiger partial charge in [-0.1, -0.05) is 12.1 Å². The number of hydrogen-bond acceptors (Lipinski definition) is 7. The van der Waals surface area contributed by atoms with Crippen molar-refractivity contribution in [3.05, 3.63) is 82.9 Å². The Morgan fingerprint density at radius 2 is 1.76 bits per heavy atom. The molecule has 1 N–H and O–H groups in total. The predicted octanol–water partition coefficient (Wildman–Crippen LogP) is 5.54. The van der Waals surface area contributed by atoms with E-state index in [2.05, 4.69) is 0 Å². The van der Waals surface area contributed by atoms with Gasteiger partial charge in [0.15, 0.2) is 11.5 Å². The van der Waals surface area contributed by atoms with E-state index in [0.717, 1.165) is 5.56 Å². The van der Waals surface area contributed by atoms with Crippen molar-refractivity contribution in [2.75, 3.05) is 18.3 Å². The summed E-state index contributed by atoms with van der Waals surface area (Å²) in [5.41, 5.74) is 2.30. The largest absolute Gasteiger partial charge is 0.507 e. The number of ether oxygens (including phenoxy) is 4. The predicted molar refractivity (Wildman–Crippen MR) is 142 cm³/mol. The van der Waals surface area contributed by atoms with Gasteiger partial charge in [0.05, 0.1) is 24.3 Å². The maximum atomic E-state index is 13.5. The van der Waals surface area contributed by atoms with Gasteiger partial charge in [-0.3, -0.25) is 14.5 Å². The van der Waals surface area contributed by atoms with E-state index in [-0.39, 0.29) is 24.2 Å². The highest BCUT2D eigenvalue weighted by molar-refractivity contribution is 6.51. The van der Waals surface area contributed by atoms with Crippen LogP contribution >= 0.6 is 0 Å². The molecule has 2 aliphatic rings. The first kappa shape index (κ1) is 25.2. The Bertz CT molecular complexity index is 1430. The zero-order valence-electron chi connectivity index (χ0n) is 21.7. The quantitative estimate of drug-likeness (QED) is 0.251. The molecule has 5 rings (SSSR count). The molecule has 1 amide bonds. The van der Waals surface area contributed by atoms with Crippen LogP contribution in [-0.2, 0) is 9.59 Å². The van der Waals surface area contributed by atoms with Gasteiger partial charge in [-0.2, -0.15) is 0 Å². The Kier molecular flexibility index (Phi) is 6.72. The fourth-order valence-corrected chi connectivity index (χ4v) is 4.72. The van der Waals surface area contributed by atoms with Crippen molar-refractivity contribution in [3.63, 3.8) is 0 Å². The van der Waals surface area contributed by atoms with Gasteiger partial charge >= 0.3 is 0 Å². The third-order valence-electron chi connectivity index (χ3n) is 6.39. The number of benzene rings is 3. The van der Waals surface area contributed by atoms with Gasteiger partial charge in [-0.15, -0.1) is 0 Å². The standard InChI is InChI=1S/C30H29NO7/c1-5-35-23-12-8-20(14-18(23)4)28(32)26-27(19-6-10-22(11-7-19)38-17(2)3)31(30(34)29(26)33)21-9-13-24-25(15-21)37-16-36-24/h6-15,17,27,32H,5,16H2,1-4H3/b28-26+. The molecular formula is C30H29NO7. The van der Waals surface area contributed by atoms with E-state index in [1.54, 1.807) is 60.7 Å². The average Bonchev–Trinajstić information content (AvgIpc) is 3.47. The number of amides is 1. The minimum absolute atomic E-state index is 0.00578. The van der Waals surface area contributed by atoms with Gasteiger partial charge in [0, 0.05) is 17.3 Å². The molecule has 3 aromatic carbocycles. The van der Waals surface area contributed by atoms with Crippen LogP contribution in [0.4, 0.5) is 5.69 Å². The van der Waals surface area contributed by atoms with E-state index < -0.39 is 17.7 Å². The number of aliphatic hydroxyl groups excluding tert-OH is 1. The van der Waals surface area contributed by atoms with Crippen molar-refractivity contribution in [3.8, 4) is 23.0 Å². The van der Waals surface area contributed by atoms with Crippen molar-refractivity contribution in [2.45, 2.75) is 39.8 Å². The Morgan fingerprint density at radius 1 is 1.03 bits per heavy atom. The molecule has 1 unspecified atom stereocenters. The lowest BCUT2D eigenvalue weighted by Crippen LogP contribution is -2.29. The second kappa shape index (κ2) is 10.1. The molecule has 2 aliphatic heterocycles. The highest BCUT2D eigenvalue weighted by Gasteiger charge is 2.47. The third-order valence-corrected chi connectivity index (χ3v) is 6.39. The molecule has 8 nitrogen and oxygen atoms in total. The first-order valence-electron chi connectivity index (χ1n) is 12.5. The minimum Gasteiger partial charge on any atom is -0.507 e. The zero-order valence-corrected chi connectivity index (χ0v) is 21.7. The summed E-state index contributed by atoms with van der Waals surface area (Å²) in [6.07, 6.45) is -0.0111. The monoisotopic (exact) mass is 515 g/mol. The smallest absolute Gasteiger partial charge is 0.300 e. The lowest BCUT2D eigenvalue weighted by atomic mass is 9.94.